The van der Waals surface area contributed by atoms with Crippen LogP contribution in [0.25, 0.3) is 0 Å². The highest BCUT2D eigenvalue weighted by atomic mass is 32.2. The first-order chi connectivity index (χ1) is 13.2. The summed E-state index contributed by atoms with van der Waals surface area (Å²) in [5.74, 6) is 1.37. The van der Waals surface area contributed by atoms with Gasteiger partial charge < -0.3 is 10.1 Å². The van der Waals surface area contributed by atoms with E-state index in [9.17, 15) is 4.79 Å². The van der Waals surface area contributed by atoms with Gasteiger partial charge in [-0.1, -0.05) is 36.8 Å². The average Bonchev–Trinajstić information content (AvgIpc) is 2.73. The van der Waals surface area contributed by atoms with Gasteiger partial charge in [0.2, 0.25) is 5.91 Å². The van der Waals surface area contributed by atoms with Crippen LogP contribution in [0.4, 0.5) is 0 Å². The number of hydrogen-bond acceptors (Lipinski definition) is 4. The smallest absolute Gasteiger partial charge is 0.230 e. The summed E-state index contributed by atoms with van der Waals surface area (Å²) in [5, 5.41) is 3.13. The lowest BCUT2D eigenvalue weighted by Gasteiger charge is -2.35. The second kappa shape index (κ2) is 10.4. The van der Waals surface area contributed by atoms with Crippen molar-refractivity contribution in [2.75, 3.05) is 26.0 Å². The molecule has 1 N–H and O–H groups in total. The molecule has 1 heterocycles. The number of nitrogens with zero attached hydrogens (tertiary/aromatic N) is 1. The van der Waals surface area contributed by atoms with Gasteiger partial charge in [-0.25, -0.2) is 0 Å². The van der Waals surface area contributed by atoms with Crippen molar-refractivity contribution < 1.29 is 9.53 Å². The van der Waals surface area contributed by atoms with Crippen molar-refractivity contribution in [2.45, 2.75) is 36.7 Å². The third kappa shape index (κ3) is 6.29. The SMILES string of the molecule is COc1ccc(SCC(=O)NCC2CCCCN2Cc2ccccc2)cc1. The molecule has 2 aromatic carbocycles. The van der Waals surface area contributed by atoms with Gasteiger partial charge in [-0.3, -0.25) is 9.69 Å². The maximum absolute atomic E-state index is 12.3. The van der Waals surface area contributed by atoms with E-state index < -0.39 is 0 Å². The molecule has 0 saturated carbocycles. The van der Waals surface area contributed by atoms with Crippen molar-refractivity contribution >= 4 is 17.7 Å². The van der Waals surface area contributed by atoms with Gasteiger partial charge in [-0.2, -0.15) is 0 Å². The summed E-state index contributed by atoms with van der Waals surface area (Å²) in [4.78, 5) is 15.9. The van der Waals surface area contributed by atoms with Gasteiger partial charge in [-0.15, -0.1) is 11.8 Å². The Balaban J connectivity index is 1.44. The molecular weight excluding hydrogens is 356 g/mol. The third-order valence-electron chi connectivity index (χ3n) is 4.94. The van der Waals surface area contributed by atoms with Crippen molar-refractivity contribution in [2.24, 2.45) is 0 Å². The van der Waals surface area contributed by atoms with E-state index in [-0.39, 0.29) is 5.91 Å². The topological polar surface area (TPSA) is 41.6 Å². The van der Waals surface area contributed by atoms with Crippen molar-refractivity contribution in [1.82, 2.24) is 10.2 Å². The zero-order valence-corrected chi connectivity index (χ0v) is 16.7. The monoisotopic (exact) mass is 384 g/mol. The Bertz CT molecular complexity index is 706. The first-order valence-electron chi connectivity index (χ1n) is 9.56. The van der Waals surface area contributed by atoms with E-state index in [1.807, 2.05) is 24.3 Å². The van der Waals surface area contributed by atoms with E-state index in [1.54, 1.807) is 18.9 Å². The fourth-order valence-electron chi connectivity index (χ4n) is 3.42. The van der Waals surface area contributed by atoms with Crippen molar-refractivity contribution in [1.29, 1.82) is 0 Å². The Hall–Kier alpha value is -1.98. The average molecular weight is 385 g/mol. The molecule has 1 saturated heterocycles. The van der Waals surface area contributed by atoms with Crippen LogP contribution in [-0.2, 0) is 11.3 Å². The highest BCUT2D eigenvalue weighted by Crippen LogP contribution is 2.22. The highest BCUT2D eigenvalue weighted by Gasteiger charge is 2.22. The Morgan fingerprint density at radius 2 is 1.93 bits per heavy atom. The van der Waals surface area contributed by atoms with Crippen LogP contribution in [0.2, 0.25) is 0 Å². The maximum Gasteiger partial charge on any atom is 0.230 e. The highest BCUT2D eigenvalue weighted by molar-refractivity contribution is 8.00. The van der Waals surface area contributed by atoms with Crippen LogP contribution in [0.1, 0.15) is 24.8 Å². The van der Waals surface area contributed by atoms with E-state index in [0.29, 0.717) is 11.8 Å². The van der Waals surface area contributed by atoms with Crippen molar-refractivity contribution in [3.05, 3.63) is 60.2 Å². The second-order valence-corrected chi connectivity index (χ2v) is 7.92. The zero-order chi connectivity index (χ0) is 18.9. The Morgan fingerprint density at radius 3 is 2.67 bits per heavy atom. The summed E-state index contributed by atoms with van der Waals surface area (Å²) in [5.41, 5.74) is 1.34. The van der Waals surface area contributed by atoms with E-state index >= 15 is 0 Å². The number of methoxy groups -OCH3 is 1. The van der Waals surface area contributed by atoms with E-state index in [0.717, 1.165) is 36.7 Å². The van der Waals surface area contributed by atoms with Gasteiger partial charge in [0.05, 0.1) is 12.9 Å². The fourth-order valence-corrected chi connectivity index (χ4v) is 4.15. The van der Waals surface area contributed by atoms with Gasteiger partial charge in [0, 0.05) is 24.0 Å². The van der Waals surface area contributed by atoms with Crippen LogP contribution in [-0.4, -0.2) is 42.8 Å². The first kappa shape index (κ1) is 19.8. The molecule has 0 radical (unpaired) electrons. The molecule has 144 valence electrons. The normalized spacial score (nSPS) is 17.4. The predicted octanol–water partition coefficient (Wildman–Crippen LogP) is 3.96. The standard InChI is InChI=1S/C22H28N2O2S/c1-26-20-10-12-21(13-11-20)27-17-22(25)23-15-19-9-5-6-14-24(19)16-18-7-3-2-4-8-18/h2-4,7-8,10-13,19H,5-6,9,14-17H2,1H3,(H,23,25). The molecule has 27 heavy (non-hydrogen) atoms. The minimum Gasteiger partial charge on any atom is -0.497 e. The van der Waals surface area contributed by atoms with Crippen LogP contribution < -0.4 is 10.1 Å². The Morgan fingerprint density at radius 1 is 1.15 bits per heavy atom. The summed E-state index contributed by atoms with van der Waals surface area (Å²) in [6, 6.07) is 18.8. The number of thioether (sulfide) groups is 1. The zero-order valence-electron chi connectivity index (χ0n) is 15.9. The summed E-state index contributed by atoms with van der Waals surface area (Å²) >= 11 is 1.56. The Kier molecular flexibility index (Phi) is 7.60. The van der Waals surface area contributed by atoms with Crippen molar-refractivity contribution in [3.8, 4) is 5.75 Å². The first-order valence-corrected chi connectivity index (χ1v) is 10.5. The lowest BCUT2D eigenvalue weighted by atomic mass is 10.0. The number of nitrogens with one attached hydrogen (secondary N) is 1. The molecule has 1 unspecified atom stereocenters. The van der Waals surface area contributed by atoms with Crippen LogP contribution in [0.5, 0.6) is 5.75 Å². The molecular formula is C22H28N2O2S. The molecule has 4 nitrogen and oxygen atoms in total. The second-order valence-electron chi connectivity index (χ2n) is 6.87. The molecule has 5 heteroatoms. The number of benzene rings is 2. The maximum atomic E-state index is 12.3. The lowest BCUT2D eigenvalue weighted by Crippen LogP contribution is -2.46. The van der Waals surface area contributed by atoms with Crippen molar-refractivity contribution in [3.63, 3.8) is 0 Å². The molecule has 1 amide bonds. The van der Waals surface area contributed by atoms with Crippen LogP contribution in [0.15, 0.2) is 59.5 Å². The summed E-state index contributed by atoms with van der Waals surface area (Å²) in [7, 11) is 1.65. The van der Waals surface area contributed by atoms with Gasteiger partial charge >= 0.3 is 0 Å². The molecule has 1 atom stereocenters. The molecule has 2 aromatic rings. The molecule has 0 bridgehead atoms. The van der Waals surface area contributed by atoms with Gasteiger partial charge in [0.15, 0.2) is 0 Å². The predicted molar refractivity (Wildman–Crippen MR) is 111 cm³/mol. The number of carbonyl (C=O) groups excluding carboxylic acids is 1. The fraction of sp³-hybridized carbons (Fsp3) is 0.409. The number of rotatable bonds is 8. The molecule has 0 aromatic heterocycles. The number of hydrogen-bond donors (Lipinski definition) is 1. The molecule has 0 spiro atoms. The minimum absolute atomic E-state index is 0.0982. The van der Waals surface area contributed by atoms with E-state index in [4.69, 9.17) is 4.74 Å². The number of likely N-dealkylation sites (tertiary alicyclic amines) is 1. The van der Waals surface area contributed by atoms with Gasteiger partial charge in [-0.05, 0) is 49.2 Å². The quantitative estimate of drug-likeness (QED) is 0.700. The Labute approximate surface area is 166 Å². The van der Waals surface area contributed by atoms with E-state index in [2.05, 4.69) is 40.5 Å². The number of piperidine rings is 1. The van der Waals surface area contributed by atoms with Gasteiger partial charge in [0.1, 0.15) is 5.75 Å². The molecule has 1 fully saturated rings. The molecule has 1 aliphatic heterocycles. The summed E-state index contributed by atoms with van der Waals surface area (Å²) < 4.78 is 5.16. The van der Waals surface area contributed by atoms with E-state index in [1.165, 1.54) is 18.4 Å². The summed E-state index contributed by atoms with van der Waals surface area (Å²) in [6.07, 6.45) is 3.63. The van der Waals surface area contributed by atoms with Crippen LogP contribution in [0, 0.1) is 0 Å². The van der Waals surface area contributed by atoms with Crippen LogP contribution in [0.3, 0.4) is 0 Å². The third-order valence-corrected chi connectivity index (χ3v) is 5.95. The molecule has 1 aliphatic rings. The lowest BCUT2D eigenvalue weighted by molar-refractivity contribution is -0.118. The van der Waals surface area contributed by atoms with Crippen LogP contribution >= 0.6 is 11.8 Å². The molecule has 3 rings (SSSR count). The minimum atomic E-state index is 0.0982. The summed E-state index contributed by atoms with van der Waals surface area (Å²) in [6.45, 7) is 2.80. The molecule has 0 aliphatic carbocycles. The number of amides is 1. The largest absolute Gasteiger partial charge is 0.497 e. The van der Waals surface area contributed by atoms with Gasteiger partial charge in [0.25, 0.3) is 0 Å². The number of carbonyl (C=O) groups is 1. The number of ether oxygens (including phenoxy) is 1.